The Morgan fingerprint density at radius 1 is 1.22 bits per heavy atom. The molecule has 1 aromatic rings. The molecule has 0 aliphatic carbocycles. The fourth-order valence-electron chi connectivity index (χ4n) is 3.82. The van der Waals surface area contributed by atoms with Gasteiger partial charge < -0.3 is 20.4 Å². The summed E-state index contributed by atoms with van der Waals surface area (Å²) >= 11 is 0. The first kappa shape index (κ1) is 21.8. The lowest BCUT2D eigenvalue weighted by atomic mass is 10.1. The highest BCUT2D eigenvalue weighted by molar-refractivity contribution is 14.0. The standard InChI is InChI=1S/C20H31N5O.HI/c1-3-21-20(23-15-19(26)24-11-6-7-12-24)22-10-13-25-16(2)14-17-8-4-5-9-18(17)25;/h4-5,8-9,16H,3,6-7,10-15H2,1-2H3,(H2,21,22,23);1H. The molecule has 27 heavy (non-hydrogen) atoms. The van der Waals surface area contributed by atoms with E-state index < -0.39 is 0 Å². The number of anilines is 1. The second-order valence-electron chi connectivity index (χ2n) is 7.09. The molecule has 1 amide bonds. The van der Waals surface area contributed by atoms with Crippen LogP contribution >= 0.6 is 24.0 Å². The van der Waals surface area contributed by atoms with E-state index in [2.05, 4.69) is 51.7 Å². The number of fused-ring (bicyclic) bond motifs is 1. The number of carbonyl (C=O) groups excluding carboxylic acids is 1. The number of rotatable bonds is 6. The molecule has 0 aromatic heterocycles. The van der Waals surface area contributed by atoms with Crippen LogP contribution in [0.2, 0.25) is 0 Å². The SMILES string of the molecule is CCNC(=NCC(=O)N1CCCC1)NCCN1c2ccccc2CC1C.I. The molecule has 7 heteroatoms. The quantitative estimate of drug-likeness (QED) is 0.369. The molecule has 1 unspecified atom stereocenters. The Kier molecular flexibility index (Phi) is 8.66. The normalized spacial score (nSPS) is 18.9. The third-order valence-electron chi connectivity index (χ3n) is 5.17. The van der Waals surface area contributed by atoms with Gasteiger partial charge in [-0.15, -0.1) is 24.0 Å². The van der Waals surface area contributed by atoms with Crippen LogP contribution in [0.5, 0.6) is 0 Å². The molecule has 1 fully saturated rings. The first-order valence-corrected chi connectivity index (χ1v) is 9.83. The summed E-state index contributed by atoms with van der Waals surface area (Å²) in [5.74, 6) is 0.849. The largest absolute Gasteiger partial charge is 0.367 e. The Balaban J connectivity index is 0.00000261. The number of benzene rings is 1. The van der Waals surface area contributed by atoms with Crippen molar-refractivity contribution < 1.29 is 4.79 Å². The van der Waals surface area contributed by atoms with Crippen LogP contribution in [-0.4, -0.2) is 62.1 Å². The van der Waals surface area contributed by atoms with Crippen molar-refractivity contribution in [2.45, 2.75) is 39.2 Å². The maximum Gasteiger partial charge on any atom is 0.244 e. The summed E-state index contributed by atoms with van der Waals surface area (Å²) in [6.45, 7) is 8.79. The molecule has 1 aromatic carbocycles. The zero-order valence-electron chi connectivity index (χ0n) is 16.4. The summed E-state index contributed by atoms with van der Waals surface area (Å²) in [5, 5.41) is 6.61. The number of para-hydroxylation sites is 1. The maximum absolute atomic E-state index is 12.2. The number of aliphatic imine (C=N–C) groups is 1. The van der Waals surface area contributed by atoms with Gasteiger partial charge in [-0.3, -0.25) is 4.79 Å². The fraction of sp³-hybridized carbons (Fsp3) is 0.600. The van der Waals surface area contributed by atoms with Crippen LogP contribution in [0.25, 0.3) is 0 Å². The van der Waals surface area contributed by atoms with E-state index in [0.717, 1.165) is 57.9 Å². The lowest BCUT2D eigenvalue weighted by molar-refractivity contribution is -0.128. The van der Waals surface area contributed by atoms with Crippen molar-refractivity contribution in [1.82, 2.24) is 15.5 Å². The Morgan fingerprint density at radius 3 is 2.70 bits per heavy atom. The van der Waals surface area contributed by atoms with Crippen LogP contribution in [0.1, 0.15) is 32.3 Å². The molecule has 1 saturated heterocycles. The number of carbonyl (C=O) groups is 1. The summed E-state index contributed by atoms with van der Waals surface area (Å²) in [6.07, 6.45) is 3.33. The number of guanidine groups is 1. The molecule has 0 saturated carbocycles. The molecule has 0 radical (unpaired) electrons. The number of nitrogens with one attached hydrogen (secondary N) is 2. The van der Waals surface area contributed by atoms with Crippen molar-refractivity contribution in [2.75, 3.05) is 44.2 Å². The molecular formula is C20H32IN5O. The number of nitrogens with zero attached hydrogens (tertiary/aromatic N) is 3. The minimum Gasteiger partial charge on any atom is -0.367 e. The van der Waals surface area contributed by atoms with Crippen molar-refractivity contribution >= 4 is 41.5 Å². The highest BCUT2D eigenvalue weighted by Gasteiger charge is 2.24. The zero-order chi connectivity index (χ0) is 18.4. The van der Waals surface area contributed by atoms with Gasteiger partial charge in [-0.2, -0.15) is 0 Å². The summed E-state index contributed by atoms with van der Waals surface area (Å²) in [6, 6.07) is 9.15. The van der Waals surface area contributed by atoms with Crippen LogP contribution in [0.3, 0.4) is 0 Å². The molecule has 2 N–H and O–H groups in total. The Labute approximate surface area is 179 Å². The third-order valence-corrected chi connectivity index (χ3v) is 5.17. The van der Waals surface area contributed by atoms with Crippen LogP contribution in [0.4, 0.5) is 5.69 Å². The van der Waals surface area contributed by atoms with E-state index in [9.17, 15) is 4.79 Å². The first-order chi connectivity index (χ1) is 12.7. The van der Waals surface area contributed by atoms with Crippen LogP contribution in [0.15, 0.2) is 29.3 Å². The molecule has 150 valence electrons. The molecule has 0 spiro atoms. The molecular weight excluding hydrogens is 453 g/mol. The second kappa shape index (κ2) is 10.7. The number of hydrogen-bond acceptors (Lipinski definition) is 3. The zero-order valence-corrected chi connectivity index (χ0v) is 18.7. The minimum atomic E-state index is 0. The average molecular weight is 485 g/mol. The van der Waals surface area contributed by atoms with Gasteiger partial charge in [-0.05, 0) is 44.7 Å². The van der Waals surface area contributed by atoms with Gasteiger partial charge in [0, 0.05) is 44.5 Å². The predicted octanol–water partition coefficient (Wildman–Crippen LogP) is 2.23. The topological polar surface area (TPSA) is 60.0 Å². The van der Waals surface area contributed by atoms with Crippen molar-refractivity contribution in [1.29, 1.82) is 0 Å². The van der Waals surface area contributed by atoms with Crippen molar-refractivity contribution in [3.05, 3.63) is 29.8 Å². The maximum atomic E-state index is 12.2. The summed E-state index contributed by atoms with van der Waals surface area (Å²) in [5.41, 5.74) is 2.77. The lowest BCUT2D eigenvalue weighted by Crippen LogP contribution is -2.43. The van der Waals surface area contributed by atoms with E-state index in [1.807, 2.05) is 11.8 Å². The van der Waals surface area contributed by atoms with Crippen LogP contribution < -0.4 is 15.5 Å². The summed E-state index contributed by atoms with van der Waals surface area (Å²) < 4.78 is 0. The van der Waals surface area contributed by atoms with Gasteiger partial charge in [0.1, 0.15) is 6.54 Å². The van der Waals surface area contributed by atoms with E-state index >= 15 is 0 Å². The molecule has 2 heterocycles. The molecule has 3 rings (SSSR count). The van der Waals surface area contributed by atoms with E-state index in [1.54, 1.807) is 0 Å². The minimum absolute atomic E-state index is 0. The van der Waals surface area contributed by atoms with Crippen molar-refractivity contribution in [3.63, 3.8) is 0 Å². The van der Waals surface area contributed by atoms with Gasteiger partial charge in [0.2, 0.25) is 5.91 Å². The number of halogens is 1. The molecule has 2 aliphatic rings. The van der Waals surface area contributed by atoms with Gasteiger partial charge in [0.25, 0.3) is 0 Å². The van der Waals surface area contributed by atoms with E-state index in [-0.39, 0.29) is 36.4 Å². The van der Waals surface area contributed by atoms with Crippen molar-refractivity contribution in [2.24, 2.45) is 4.99 Å². The monoisotopic (exact) mass is 485 g/mol. The Bertz CT molecular complexity index is 645. The predicted molar refractivity (Wildman–Crippen MR) is 122 cm³/mol. The lowest BCUT2D eigenvalue weighted by Gasteiger charge is -2.25. The smallest absolute Gasteiger partial charge is 0.244 e. The summed E-state index contributed by atoms with van der Waals surface area (Å²) in [4.78, 5) is 21.0. The number of amides is 1. The average Bonchev–Trinajstić information content (AvgIpc) is 3.28. The first-order valence-electron chi connectivity index (χ1n) is 9.83. The van der Waals surface area contributed by atoms with Gasteiger partial charge in [0.05, 0.1) is 0 Å². The fourth-order valence-corrected chi connectivity index (χ4v) is 3.82. The molecule has 1 atom stereocenters. The Hall–Kier alpha value is -1.51. The highest BCUT2D eigenvalue weighted by atomic mass is 127. The van der Waals surface area contributed by atoms with Gasteiger partial charge in [-0.25, -0.2) is 4.99 Å². The van der Waals surface area contributed by atoms with Crippen molar-refractivity contribution in [3.8, 4) is 0 Å². The van der Waals surface area contributed by atoms with E-state index in [1.165, 1.54) is 11.3 Å². The molecule has 0 bridgehead atoms. The third kappa shape index (κ3) is 5.73. The second-order valence-corrected chi connectivity index (χ2v) is 7.09. The van der Waals surface area contributed by atoms with Gasteiger partial charge >= 0.3 is 0 Å². The molecule has 2 aliphatic heterocycles. The van der Waals surface area contributed by atoms with Gasteiger partial charge in [0.15, 0.2) is 5.96 Å². The number of hydrogen-bond donors (Lipinski definition) is 2. The van der Waals surface area contributed by atoms with E-state index in [4.69, 9.17) is 0 Å². The highest BCUT2D eigenvalue weighted by Crippen LogP contribution is 2.31. The Morgan fingerprint density at radius 2 is 1.96 bits per heavy atom. The van der Waals surface area contributed by atoms with Crippen LogP contribution in [-0.2, 0) is 11.2 Å². The molecule has 6 nitrogen and oxygen atoms in total. The van der Waals surface area contributed by atoms with Crippen LogP contribution in [0, 0.1) is 0 Å². The number of likely N-dealkylation sites (tertiary alicyclic amines) is 1. The van der Waals surface area contributed by atoms with Gasteiger partial charge in [-0.1, -0.05) is 18.2 Å². The summed E-state index contributed by atoms with van der Waals surface area (Å²) in [7, 11) is 0. The van der Waals surface area contributed by atoms with E-state index in [0.29, 0.717) is 6.04 Å².